The van der Waals surface area contributed by atoms with Crippen LogP contribution in [0.5, 0.6) is 0 Å². The molecule has 1 aromatic carbocycles. The molecule has 25 heavy (non-hydrogen) atoms. The van der Waals surface area contributed by atoms with Gasteiger partial charge in [0.2, 0.25) is 5.91 Å². The summed E-state index contributed by atoms with van der Waals surface area (Å²) in [6, 6.07) is 8.53. The van der Waals surface area contributed by atoms with E-state index in [1.165, 1.54) is 30.4 Å². The van der Waals surface area contributed by atoms with Gasteiger partial charge in [-0.15, -0.1) is 0 Å². The van der Waals surface area contributed by atoms with Crippen molar-refractivity contribution in [2.24, 2.45) is 0 Å². The summed E-state index contributed by atoms with van der Waals surface area (Å²) in [5.41, 5.74) is 5.06. The van der Waals surface area contributed by atoms with E-state index in [9.17, 15) is 4.79 Å². The van der Waals surface area contributed by atoms with Crippen LogP contribution in [-0.2, 0) is 24.1 Å². The molecule has 1 atom stereocenters. The summed E-state index contributed by atoms with van der Waals surface area (Å²) in [5.74, 6) is 1.38. The quantitative estimate of drug-likeness (QED) is 0.865. The van der Waals surface area contributed by atoms with Crippen LogP contribution < -0.4 is 0 Å². The predicted octanol–water partition coefficient (Wildman–Crippen LogP) is 3.22. The van der Waals surface area contributed by atoms with E-state index in [4.69, 9.17) is 0 Å². The smallest absolute Gasteiger partial charge is 0.227 e. The van der Waals surface area contributed by atoms with Crippen LogP contribution in [0.2, 0.25) is 0 Å². The van der Waals surface area contributed by atoms with Crippen LogP contribution >= 0.6 is 0 Å². The molecule has 1 fully saturated rings. The molecule has 2 aliphatic rings. The number of aryl methyl sites for hydroxylation is 3. The Balaban J connectivity index is 1.40. The summed E-state index contributed by atoms with van der Waals surface area (Å²) in [4.78, 5) is 23.6. The third-order valence-corrected chi connectivity index (χ3v) is 5.49. The molecule has 1 aliphatic carbocycles. The second-order valence-corrected chi connectivity index (χ2v) is 7.37. The van der Waals surface area contributed by atoms with Gasteiger partial charge in [-0.05, 0) is 61.8 Å². The zero-order chi connectivity index (χ0) is 17.2. The summed E-state index contributed by atoms with van der Waals surface area (Å²) >= 11 is 0. The van der Waals surface area contributed by atoms with Crippen LogP contribution in [-0.4, -0.2) is 33.9 Å². The molecule has 0 unspecified atom stereocenters. The van der Waals surface area contributed by atoms with Gasteiger partial charge in [0.15, 0.2) is 0 Å². The Bertz CT molecular complexity index is 786. The highest BCUT2D eigenvalue weighted by Gasteiger charge is 2.29. The third kappa shape index (κ3) is 3.58. The molecule has 0 radical (unpaired) electrons. The van der Waals surface area contributed by atoms with E-state index in [2.05, 4.69) is 28.2 Å². The number of nitrogens with zero attached hydrogens (tertiary/aromatic N) is 3. The molecule has 4 heteroatoms. The Kier molecular flexibility index (Phi) is 4.51. The Morgan fingerprint density at radius 1 is 1.20 bits per heavy atom. The monoisotopic (exact) mass is 335 g/mol. The fourth-order valence-electron chi connectivity index (χ4n) is 4.05. The van der Waals surface area contributed by atoms with Gasteiger partial charge in [0, 0.05) is 30.9 Å². The van der Waals surface area contributed by atoms with Crippen LogP contribution in [0.15, 0.2) is 30.5 Å². The first-order valence-corrected chi connectivity index (χ1v) is 9.37. The van der Waals surface area contributed by atoms with E-state index in [1.807, 2.05) is 24.1 Å². The van der Waals surface area contributed by atoms with Gasteiger partial charge in [-0.2, -0.15) is 0 Å². The highest BCUT2D eigenvalue weighted by atomic mass is 16.2. The van der Waals surface area contributed by atoms with Gasteiger partial charge >= 0.3 is 0 Å². The van der Waals surface area contributed by atoms with Gasteiger partial charge < -0.3 is 4.90 Å². The molecule has 0 N–H and O–H groups in total. The lowest BCUT2D eigenvalue weighted by atomic mass is 9.90. The number of carbonyl (C=O) groups excluding carboxylic acids is 1. The van der Waals surface area contributed by atoms with Crippen molar-refractivity contribution in [3.8, 4) is 0 Å². The second-order valence-electron chi connectivity index (χ2n) is 7.37. The number of hydrogen-bond acceptors (Lipinski definition) is 3. The Morgan fingerprint density at radius 3 is 2.88 bits per heavy atom. The molecule has 2 heterocycles. The Labute approximate surface area is 149 Å². The first-order valence-electron chi connectivity index (χ1n) is 9.37. The normalized spacial score (nSPS) is 19.7. The minimum absolute atomic E-state index is 0.228. The van der Waals surface area contributed by atoms with Crippen LogP contribution in [0, 0.1) is 6.92 Å². The molecule has 130 valence electrons. The summed E-state index contributed by atoms with van der Waals surface area (Å²) in [5, 5.41) is 0. The fraction of sp³-hybridized carbons (Fsp3) is 0.476. The minimum atomic E-state index is 0.228. The van der Waals surface area contributed by atoms with Gasteiger partial charge in [-0.3, -0.25) is 4.79 Å². The SMILES string of the molecule is Cc1ccnc([C@@H]2CCN(C(=O)Cc3ccc4c(c3)CCCC4)C2)n1. The number of aromatic nitrogens is 2. The van der Waals surface area contributed by atoms with Gasteiger partial charge in [0.1, 0.15) is 5.82 Å². The average molecular weight is 335 g/mol. The van der Waals surface area contributed by atoms with Gasteiger partial charge in [0.25, 0.3) is 0 Å². The van der Waals surface area contributed by atoms with E-state index in [-0.39, 0.29) is 11.8 Å². The molecule has 4 rings (SSSR count). The molecule has 1 saturated heterocycles. The van der Waals surface area contributed by atoms with E-state index in [0.29, 0.717) is 6.42 Å². The van der Waals surface area contributed by atoms with Crippen molar-refractivity contribution in [1.82, 2.24) is 14.9 Å². The number of hydrogen-bond donors (Lipinski definition) is 0. The lowest BCUT2D eigenvalue weighted by molar-refractivity contribution is -0.129. The van der Waals surface area contributed by atoms with Crippen molar-refractivity contribution >= 4 is 5.91 Å². The van der Waals surface area contributed by atoms with E-state index < -0.39 is 0 Å². The van der Waals surface area contributed by atoms with Gasteiger partial charge in [0.05, 0.1) is 6.42 Å². The zero-order valence-corrected chi connectivity index (χ0v) is 14.9. The number of carbonyl (C=O) groups is 1. The Morgan fingerprint density at radius 2 is 2.04 bits per heavy atom. The summed E-state index contributed by atoms with van der Waals surface area (Å²) in [6.07, 6.45) is 8.20. The van der Waals surface area contributed by atoms with Crippen molar-refractivity contribution < 1.29 is 4.79 Å². The van der Waals surface area contributed by atoms with Crippen molar-refractivity contribution in [2.75, 3.05) is 13.1 Å². The molecule has 1 amide bonds. The first-order chi connectivity index (χ1) is 12.2. The van der Waals surface area contributed by atoms with Crippen molar-refractivity contribution in [3.63, 3.8) is 0 Å². The number of likely N-dealkylation sites (tertiary alicyclic amines) is 1. The van der Waals surface area contributed by atoms with E-state index >= 15 is 0 Å². The molecule has 2 aromatic rings. The summed E-state index contributed by atoms with van der Waals surface area (Å²) in [6.45, 7) is 3.54. The molecular weight excluding hydrogens is 310 g/mol. The molecular formula is C21H25N3O. The molecule has 4 nitrogen and oxygen atoms in total. The Hall–Kier alpha value is -2.23. The van der Waals surface area contributed by atoms with Crippen molar-refractivity contribution in [1.29, 1.82) is 0 Å². The molecule has 0 bridgehead atoms. The lowest BCUT2D eigenvalue weighted by Gasteiger charge is -2.19. The van der Waals surface area contributed by atoms with E-state index in [1.54, 1.807) is 0 Å². The zero-order valence-electron chi connectivity index (χ0n) is 14.9. The largest absolute Gasteiger partial charge is 0.342 e. The molecule has 0 spiro atoms. The van der Waals surface area contributed by atoms with Gasteiger partial charge in [-0.25, -0.2) is 9.97 Å². The van der Waals surface area contributed by atoms with Crippen LogP contribution in [0.1, 0.15) is 53.4 Å². The molecule has 0 saturated carbocycles. The number of rotatable bonds is 3. The highest BCUT2D eigenvalue weighted by molar-refractivity contribution is 5.79. The number of amides is 1. The topological polar surface area (TPSA) is 46.1 Å². The van der Waals surface area contributed by atoms with Crippen LogP contribution in [0.4, 0.5) is 0 Å². The van der Waals surface area contributed by atoms with Crippen LogP contribution in [0.25, 0.3) is 0 Å². The number of fused-ring (bicyclic) bond motifs is 1. The summed E-state index contributed by atoms with van der Waals surface area (Å²) in [7, 11) is 0. The maximum absolute atomic E-state index is 12.7. The van der Waals surface area contributed by atoms with Crippen molar-refractivity contribution in [2.45, 2.75) is 51.4 Å². The lowest BCUT2D eigenvalue weighted by Crippen LogP contribution is -2.30. The highest BCUT2D eigenvalue weighted by Crippen LogP contribution is 2.26. The average Bonchev–Trinajstić information content (AvgIpc) is 3.12. The fourth-order valence-corrected chi connectivity index (χ4v) is 4.05. The minimum Gasteiger partial charge on any atom is -0.342 e. The van der Waals surface area contributed by atoms with Crippen LogP contribution in [0.3, 0.4) is 0 Å². The second kappa shape index (κ2) is 6.95. The maximum Gasteiger partial charge on any atom is 0.227 e. The van der Waals surface area contributed by atoms with E-state index in [0.717, 1.165) is 43.0 Å². The first kappa shape index (κ1) is 16.2. The standard InChI is InChI=1S/C21H25N3O/c1-15-8-10-22-21(23-15)19-9-11-24(14-19)20(25)13-16-6-7-17-4-2-3-5-18(17)12-16/h6-8,10,12,19H,2-5,9,11,13-14H2,1H3/t19-/m1/s1. The molecule has 1 aromatic heterocycles. The molecule has 1 aliphatic heterocycles. The van der Waals surface area contributed by atoms with Gasteiger partial charge in [-0.1, -0.05) is 18.2 Å². The maximum atomic E-state index is 12.7. The predicted molar refractivity (Wildman–Crippen MR) is 97.5 cm³/mol. The third-order valence-electron chi connectivity index (χ3n) is 5.49. The number of benzene rings is 1. The summed E-state index contributed by atoms with van der Waals surface area (Å²) < 4.78 is 0. The van der Waals surface area contributed by atoms with Crippen molar-refractivity contribution in [3.05, 3.63) is 58.7 Å².